The van der Waals surface area contributed by atoms with E-state index in [1.807, 2.05) is 31.2 Å². The Morgan fingerprint density at radius 1 is 1.18 bits per heavy atom. The maximum atomic E-state index is 12.8. The number of ketones is 1. The minimum absolute atomic E-state index is 0.0991. The molecule has 0 saturated carbocycles. The standard InChI is InChI=1S/C18H15ClN2O/c1-11(20)12-5-6-16(17(19)9-12)18(22)15-4-2-3-13-10-21-8-7-14(13)15/h2-11H,20H2,1H3. The van der Waals surface area contributed by atoms with Crippen LogP contribution in [0.3, 0.4) is 0 Å². The molecule has 1 heterocycles. The molecule has 3 aromatic rings. The van der Waals surface area contributed by atoms with E-state index in [0.29, 0.717) is 16.1 Å². The Morgan fingerprint density at radius 2 is 2.00 bits per heavy atom. The summed E-state index contributed by atoms with van der Waals surface area (Å²) in [6, 6.07) is 12.6. The predicted octanol–water partition coefficient (Wildman–Crippen LogP) is 4.14. The summed E-state index contributed by atoms with van der Waals surface area (Å²) in [4.78, 5) is 16.9. The van der Waals surface area contributed by atoms with Gasteiger partial charge in [0.25, 0.3) is 0 Å². The Kier molecular flexibility index (Phi) is 3.92. The van der Waals surface area contributed by atoms with Crippen molar-refractivity contribution in [2.45, 2.75) is 13.0 Å². The van der Waals surface area contributed by atoms with Crippen LogP contribution >= 0.6 is 11.6 Å². The van der Waals surface area contributed by atoms with Crippen molar-refractivity contribution in [3.63, 3.8) is 0 Å². The third-order valence-electron chi connectivity index (χ3n) is 3.69. The van der Waals surface area contributed by atoms with Gasteiger partial charge in [-0.1, -0.05) is 35.9 Å². The molecule has 0 radical (unpaired) electrons. The Morgan fingerprint density at radius 3 is 2.73 bits per heavy atom. The summed E-state index contributed by atoms with van der Waals surface area (Å²) in [5.41, 5.74) is 7.85. The van der Waals surface area contributed by atoms with Gasteiger partial charge in [-0.15, -0.1) is 0 Å². The number of aromatic nitrogens is 1. The van der Waals surface area contributed by atoms with Crippen LogP contribution in [0.1, 0.15) is 34.5 Å². The third kappa shape index (κ3) is 2.61. The van der Waals surface area contributed by atoms with E-state index < -0.39 is 0 Å². The third-order valence-corrected chi connectivity index (χ3v) is 4.00. The van der Waals surface area contributed by atoms with E-state index in [1.54, 1.807) is 30.6 Å². The number of hydrogen-bond donors (Lipinski definition) is 1. The summed E-state index contributed by atoms with van der Waals surface area (Å²) < 4.78 is 0. The van der Waals surface area contributed by atoms with Crippen LogP contribution in [-0.4, -0.2) is 10.8 Å². The number of pyridine rings is 1. The van der Waals surface area contributed by atoms with E-state index in [1.165, 1.54) is 0 Å². The van der Waals surface area contributed by atoms with E-state index in [9.17, 15) is 4.79 Å². The first kappa shape index (κ1) is 14.7. The number of nitrogens with two attached hydrogens (primary N) is 1. The van der Waals surface area contributed by atoms with Gasteiger partial charge in [0.1, 0.15) is 0 Å². The quantitative estimate of drug-likeness (QED) is 0.740. The number of carbonyl (C=O) groups excluding carboxylic acids is 1. The second-order valence-corrected chi connectivity index (χ2v) is 5.67. The van der Waals surface area contributed by atoms with Gasteiger partial charge in [0, 0.05) is 34.9 Å². The fourth-order valence-corrected chi connectivity index (χ4v) is 2.74. The first-order valence-corrected chi connectivity index (χ1v) is 7.38. The summed E-state index contributed by atoms with van der Waals surface area (Å²) in [7, 11) is 0. The lowest BCUT2D eigenvalue weighted by Crippen LogP contribution is -2.07. The summed E-state index contributed by atoms with van der Waals surface area (Å²) in [5, 5.41) is 2.22. The Labute approximate surface area is 133 Å². The largest absolute Gasteiger partial charge is 0.324 e. The molecule has 110 valence electrons. The second-order valence-electron chi connectivity index (χ2n) is 5.26. The highest BCUT2D eigenvalue weighted by atomic mass is 35.5. The van der Waals surface area contributed by atoms with E-state index in [0.717, 1.165) is 16.3 Å². The van der Waals surface area contributed by atoms with Crippen molar-refractivity contribution in [2.24, 2.45) is 5.73 Å². The number of benzene rings is 2. The zero-order valence-corrected chi connectivity index (χ0v) is 12.8. The van der Waals surface area contributed by atoms with Crippen LogP contribution in [0, 0.1) is 0 Å². The van der Waals surface area contributed by atoms with Gasteiger partial charge in [0.15, 0.2) is 5.78 Å². The maximum Gasteiger partial charge on any atom is 0.195 e. The topological polar surface area (TPSA) is 56.0 Å². The van der Waals surface area contributed by atoms with Crippen LogP contribution in [-0.2, 0) is 0 Å². The zero-order chi connectivity index (χ0) is 15.7. The first-order chi connectivity index (χ1) is 10.6. The average molecular weight is 311 g/mol. The highest BCUT2D eigenvalue weighted by Crippen LogP contribution is 2.26. The number of halogens is 1. The summed E-state index contributed by atoms with van der Waals surface area (Å²) in [5.74, 6) is -0.0991. The normalized spacial score (nSPS) is 12.3. The van der Waals surface area contributed by atoms with E-state index >= 15 is 0 Å². The van der Waals surface area contributed by atoms with Gasteiger partial charge in [0.05, 0.1) is 5.02 Å². The molecule has 3 rings (SSSR count). The molecule has 0 saturated heterocycles. The first-order valence-electron chi connectivity index (χ1n) is 7.00. The van der Waals surface area contributed by atoms with Gasteiger partial charge in [-0.3, -0.25) is 9.78 Å². The van der Waals surface area contributed by atoms with Crippen LogP contribution in [0.4, 0.5) is 0 Å². The van der Waals surface area contributed by atoms with Crippen molar-refractivity contribution in [2.75, 3.05) is 0 Å². The van der Waals surface area contributed by atoms with Crippen molar-refractivity contribution in [3.8, 4) is 0 Å². The highest BCUT2D eigenvalue weighted by molar-refractivity contribution is 6.35. The molecule has 0 fully saturated rings. The summed E-state index contributed by atoms with van der Waals surface area (Å²) >= 11 is 6.28. The molecule has 1 atom stereocenters. The lowest BCUT2D eigenvalue weighted by atomic mass is 9.97. The monoisotopic (exact) mass is 310 g/mol. The lowest BCUT2D eigenvalue weighted by molar-refractivity contribution is 0.104. The van der Waals surface area contributed by atoms with Gasteiger partial charge in [-0.2, -0.15) is 0 Å². The fraction of sp³-hybridized carbons (Fsp3) is 0.111. The second kappa shape index (κ2) is 5.87. The van der Waals surface area contributed by atoms with Crippen molar-refractivity contribution in [1.82, 2.24) is 4.98 Å². The molecule has 0 aliphatic carbocycles. The molecule has 2 N–H and O–H groups in total. The Bertz CT molecular complexity index is 853. The molecular weight excluding hydrogens is 296 g/mol. The van der Waals surface area contributed by atoms with Crippen molar-refractivity contribution >= 4 is 28.2 Å². The molecule has 0 amide bonds. The molecule has 1 aromatic heterocycles. The lowest BCUT2D eigenvalue weighted by Gasteiger charge is -2.10. The van der Waals surface area contributed by atoms with Gasteiger partial charge in [-0.05, 0) is 36.1 Å². The summed E-state index contributed by atoms with van der Waals surface area (Å²) in [6.07, 6.45) is 3.42. The van der Waals surface area contributed by atoms with Crippen molar-refractivity contribution in [1.29, 1.82) is 0 Å². The van der Waals surface area contributed by atoms with E-state index in [4.69, 9.17) is 17.3 Å². The Balaban J connectivity index is 2.10. The molecule has 0 spiro atoms. The molecule has 0 aliphatic rings. The molecule has 2 aromatic carbocycles. The molecule has 22 heavy (non-hydrogen) atoms. The number of fused-ring (bicyclic) bond motifs is 1. The average Bonchev–Trinajstić information content (AvgIpc) is 2.53. The molecular formula is C18H15ClN2O. The minimum Gasteiger partial charge on any atom is -0.324 e. The molecule has 0 bridgehead atoms. The van der Waals surface area contributed by atoms with Crippen LogP contribution in [0.5, 0.6) is 0 Å². The fourth-order valence-electron chi connectivity index (χ4n) is 2.46. The summed E-state index contributed by atoms with van der Waals surface area (Å²) in [6.45, 7) is 1.88. The van der Waals surface area contributed by atoms with Gasteiger partial charge >= 0.3 is 0 Å². The minimum atomic E-state index is -0.120. The molecule has 3 nitrogen and oxygen atoms in total. The van der Waals surface area contributed by atoms with E-state index in [2.05, 4.69) is 4.98 Å². The molecule has 4 heteroatoms. The maximum absolute atomic E-state index is 12.8. The van der Waals surface area contributed by atoms with Crippen LogP contribution in [0.25, 0.3) is 10.8 Å². The van der Waals surface area contributed by atoms with Crippen molar-refractivity contribution < 1.29 is 4.79 Å². The number of hydrogen-bond acceptors (Lipinski definition) is 3. The molecule has 1 unspecified atom stereocenters. The van der Waals surface area contributed by atoms with Gasteiger partial charge < -0.3 is 5.73 Å². The van der Waals surface area contributed by atoms with Crippen LogP contribution < -0.4 is 5.73 Å². The smallest absolute Gasteiger partial charge is 0.195 e. The van der Waals surface area contributed by atoms with Gasteiger partial charge in [-0.25, -0.2) is 0 Å². The van der Waals surface area contributed by atoms with Crippen LogP contribution in [0.2, 0.25) is 5.02 Å². The SMILES string of the molecule is CC(N)c1ccc(C(=O)c2cccc3cnccc23)c(Cl)c1. The number of carbonyl (C=O) groups is 1. The number of nitrogens with zero attached hydrogens (tertiary/aromatic N) is 1. The Hall–Kier alpha value is -2.23. The van der Waals surface area contributed by atoms with Crippen LogP contribution in [0.15, 0.2) is 54.9 Å². The van der Waals surface area contributed by atoms with Crippen molar-refractivity contribution in [3.05, 3.63) is 76.6 Å². The predicted molar refractivity (Wildman–Crippen MR) is 89.2 cm³/mol. The highest BCUT2D eigenvalue weighted by Gasteiger charge is 2.16. The number of rotatable bonds is 3. The van der Waals surface area contributed by atoms with E-state index in [-0.39, 0.29) is 11.8 Å². The van der Waals surface area contributed by atoms with Gasteiger partial charge in [0.2, 0.25) is 0 Å². The zero-order valence-electron chi connectivity index (χ0n) is 12.1. The molecule has 0 aliphatic heterocycles.